The minimum Gasteiger partial charge on any atom is -0.342 e. The lowest BCUT2D eigenvalue weighted by atomic mass is 9.71. The van der Waals surface area contributed by atoms with E-state index in [1.807, 2.05) is 0 Å². The molecule has 0 spiro atoms. The first-order valence-corrected chi connectivity index (χ1v) is 11.8. The van der Waals surface area contributed by atoms with Crippen LogP contribution in [0.25, 0.3) is 0 Å². The molecule has 3 N–H and O–H groups in total. The van der Waals surface area contributed by atoms with E-state index in [4.69, 9.17) is 0 Å². The molecule has 5 rings (SSSR count). The van der Waals surface area contributed by atoms with E-state index < -0.39 is 47.7 Å². The second-order valence-electron chi connectivity index (χ2n) is 9.92. The number of halogens is 3. The molecule has 0 atom stereocenters. The molecule has 0 unspecified atom stereocenters. The Bertz CT molecular complexity index is 1420. The summed E-state index contributed by atoms with van der Waals surface area (Å²) >= 11 is 0. The highest BCUT2D eigenvalue weighted by molar-refractivity contribution is 6.44. The first-order chi connectivity index (χ1) is 17.4. The molecule has 2 fully saturated rings. The number of hydrogen-bond acceptors (Lipinski definition) is 5. The number of alkyl halides is 2. The molecule has 2 aromatic heterocycles. The minimum atomic E-state index is -3.01. The van der Waals surface area contributed by atoms with E-state index in [1.54, 1.807) is 25.5 Å². The number of aromatic nitrogens is 4. The molecule has 2 heterocycles. The van der Waals surface area contributed by atoms with Gasteiger partial charge in [-0.3, -0.25) is 14.4 Å². The number of amides is 2. The number of benzene rings is 1. The predicted molar refractivity (Wildman–Crippen MR) is 126 cm³/mol. The molecule has 0 aliphatic heterocycles. The molecule has 9 nitrogen and oxygen atoms in total. The van der Waals surface area contributed by atoms with Crippen LogP contribution in [0.3, 0.4) is 0 Å². The smallest absolute Gasteiger partial charge is 0.293 e. The minimum absolute atomic E-state index is 0.0115. The maximum absolute atomic E-state index is 13.8. The standard InChI is InChI=1S/C25H25F3N6O3/c1-12-8-15(6-7-16(12)26)30-22(36)19-13(2)18(20(34(19)3)14-4-5-14)21(35)23(37)31-24(10-25(27,28)11-24)17-9-29-33-32-17/h6-9,14H,4-5,10-11H2,1-3H3,(H,30,36)(H,31,37)(H,29,32,33). The van der Waals surface area contributed by atoms with E-state index in [0.717, 1.165) is 12.8 Å². The zero-order valence-corrected chi connectivity index (χ0v) is 20.4. The van der Waals surface area contributed by atoms with Gasteiger partial charge in [-0.05, 0) is 61.9 Å². The van der Waals surface area contributed by atoms with Crippen LogP contribution in [0.15, 0.2) is 24.4 Å². The molecule has 194 valence electrons. The lowest BCUT2D eigenvalue weighted by Crippen LogP contribution is -2.61. The topological polar surface area (TPSA) is 122 Å². The Kier molecular flexibility index (Phi) is 5.72. The van der Waals surface area contributed by atoms with Crippen LogP contribution in [0, 0.1) is 19.7 Å². The molecular weight excluding hydrogens is 489 g/mol. The molecule has 0 radical (unpaired) electrons. The van der Waals surface area contributed by atoms with Gasteiger partial charge in [0.2, 0.25) is 0 Å². The number of Topliss-reactive ketones (excluding diaryl/α,β-unsaturated/α-hetero) is 1. The van der Waals surface area contributed by atoms with Crippen LogP contribution in [-0.4, -0.2) is 43.5 Å². The summed E-state index contributed by atoms with van der Waals surface area (Å²) in [5.74, 6) is -5.93. The number of carbonyl (C=O) groups excluding carboxylic acids is 3. The van der Waals surface area contributed by atoms with E-state index in [1.165, 1.54) is 24.4 Å². The second kappa shape index (κ2) is 8.56. The van der Waals surface area contributed by atoms with Crippen molar-refractivity contribution in [2.75, 3.05) is 5.32 Å². The van der Waals surface area contributed by atoms with Crippen LogP contribution in [0.4, 0.5) is 18.9 Å². The zero-order valence-electron chi connectivity index (χ0n) is 20.4. The Morgan fingerprint density at radius 3 is 2.43 bits per heavy atom. The quantitative estimate of drug-likeness (QED) is 0.328. The van der Waals surface area contributed by atoms with Gasteiger partial charge in [0.05, 0.1) is 17.3 Å². The third-order valence-corrected chi connectivity index (χ3v) is 7.09. The van der Waals surface area contributed by atoms with Crippen molar-refractivity contribution in [1.29, 1.82) is 0 Å². The van der Waals surface area contributed by atoms with Crippen LogP contribution < -0.4 is 10.6 Å². The monoisotopic (exact) mass is 514 g/mol. The third kappa shape index (κ3) is 4.30. The molecule has 0 saturated heterocycles. The Morgan fingerprint density at radius 1 is 1.16 bits per heavy atom. The summed E-state index contributed by atoms with van der Waals surface area (Å²) in [6.45, 7) is 3.14. The molecular formula is C25H25F3N6O3. The number of carbonyl (C=O) groups is 3. The van der Waals surface area contributed by atoms with Crippen molar-refractivity contribution in [3.05, 3.63) is 64.0 Å². The van der Waals surface area contributed by atoms with Gasteiger partial charge in [0.15, 0.2) is 0 Å². The first-order valence-electron chi connectivity index (χ1n) is 11.8. The molecule has 3 aromatic rings. The number of anilines is 1. The fraction of sp³-hybridized carbons (Fsp3) is 0.400. The highest BCUT2D eigenvalue weighted by atomic mass is 19.3. The summed E-state index contributed by atoms with van der Waals surface area (Å²) < 4.78 is 42.9. The first kappa shape index (κ1) is 24.7. The number of rotatable bonds is 7. The van der Waals surface area contributed by atoms with Crippen LogP contribution in [0.5, 0.6) is 0 Å². The molecule has 1 aromatic carbocycles. The maximum atomic E-state index is 13.8. The summed E-state index contributed by atoms with van der Waals surface area (Å²) in [5, 5.41) is 15.0. The van der Waals surface area contributed by atoms with E-state index in [9.17, 15) is 27.6 Å². The fourth-order valence-electron chi connectivity index (χ4n) is 5.19. The molecule has 2 saturated carbocycles. The molecule has 37 heavy (non-hydrogen) atoms. The maximum Gasteiger partial charge on any atom is 0.293 e. The van der Waals surface area contributed by atoms with Crippen molar-refractivity contribution in [3.8, 4) is 0 Å². The van der Waals surface area contributed by atoms with Crippen LogP contribution in [-0.2, 0) is 17.4 Å². The summed E-state index contributed by atoms with van der Waals surface area (Å²) in [6.07, 6.45) is 1.39. The van der Waals surface area contributed by atoms with Crippen LogP contribution >= 0.6 is 0 Å². The molecule has 2 aliphatic carbocycles. The number of nitrogens with one attached hydrogen (secondary N) is 3. The highest BCUT2D eigenvalue weighted by Gasteiger charge is 2.60. The summed E-state index contributed by atoms with van der Waals surface area (Å²) in [5.41, 5.74) is 0.445. The fourth-order valence-corrected chi connectivity index (χ4v) is 5.19. The highest BCUT2D eigenvalue weighted by Crippen LogP contribution is 2.51. The molecule has 2 amide bonds. The number of aryl methyl sites for hydroxylation is 1. The average Bonchev–Trinajstić information content (AvgIpc) is 3.40. The van der Waals surface area contributed by atoms with Crippen LogP contribution in [0.2, 0.25) is 0 Å². The Hall–Kier alpha value is -3.96. The largest absolute Gasteiger partial charge is 0.342 e. The van der Waals surface area contributed by atoms with E-state index in [2.05, 4.69) is 26.0 Å². The van der Waals surface area contributed by atoms with Crippen molar-refractivity contribution >= 4 is 23.3 Å². The average molecular weight is 515 g/mol. The SMILES string of the molecule is Cc1cc(NC(=O)c2c(C)c(C(=O)C(=O)NC3(c4cn[nH]n4)CC(F)(F)C3)c(C3CC3)n2C)ccc1F. The van der Waals surface area contributed by atoms with Gasteiger partial charge >= 0.3 is 0 Å². The summed E-state index contributed by atoms with van der Waals surface area (Å²) in [7, 11) is 1.64. The number of aromatic amines is 1. The van der Waals surface area contributed by atoms with Crippen molar-refractivity contribution in [2.24, 2.45) is 7.05 Å². The van der Waals surface area contributed by atoms with Crippen molar-refractivity contribution < 1.29 is 27.6 Å². The number of hydrogen-bond donors (Lipinski definition) is 3. The van der Waals surface area contributed by atoms with Crippen molar-refractivity contribution in [1.82, 2.24) is 25.3 Å². The Morgan fingerprint density at radius 2 is 1.86 bits per heavy atom. The van der Waals surface area contributed by atoms with E-state index in [0.29, 0.717) is 22.5 Å². The van der Waals surface area contributed by atoms with Crippen molar-refractivity contribution in [3.63, 3.8) is 0 Å². The lowest BCUT2D eigenvalue weighted by molar-refractivity contribution is -0.148. The predicted octanol–water partition coefficient (Wildman–Crippen LogP) is 3.65. The number of nitrogens with zero attached hydrogens (tertiary/aromatic N) is 3. The van der Waals surface area contributed by atoms with E-state index in [-0.39, 0.29) is 22.9 Å². The van der Waals surface area contributed by atoms with Crippen LogP contribution in [0.1, 0.15) is 75.0 Å². The lowest BCUT2D eigenvalue weighted by Gasteiger charge is -2.46. The summed E-state index contributed by atoms with van der Waals surface area (Å²) in [6, 6.07) is 4.16. The van der Waals surface area contributed by atoms with Gasteiger partial charge in [-0.2, -0.15) is 15.4 Å². The third-order valence-electron chi connectivity index (χ3n) is 7.09. The Labute approximate surface area is 209 Å². The second-order valence-corrected chi connectivity index (χ2v) is 9.92. The molecule has 2 aliphatic rings. The van der Waals surface area contributed by atoms with E-state index >= 15 is 0 Å². The molecule has 0 bridgehead atoms. The van der Waals surface area contributed by atoms with Gasteiger partial charge in [-0.1, -0.05) is 0 Å². The summed E-state index contributed by atoms with van der Waals surface area (Å²) in [4.78, 5) is 39.8. The normalized spacial score (nSPS) is 17.7. The number of H-pyrrole nitrogens is 1. The van der Waals surface area contributed by atoms with Crippen molar-refractivity contribution in [2.45, 2.75) is 56.9 Å². The molecule has 12 heteroatoms. The van der Waals surface area contributed by atoms with Gasteiger partial charge in [0.1, 0.15) is 17.2 Å². The van der Waals surface area contributed by atoms with Gasteiger partial charge < -0.3 is 15.2 Å². The Balaban J connectivity index is 1.46. The zero-order chi connectivity index (χ0) is 26.7. The van der Waals surface area contributed by atoms with Gasteiger partial charge in [0, 0.05) is 31.3 Å². The van der Waals surface area contributed by atoms with Gasteiger partial charge in [0.25, 0.3) is 23.5 Å². The number of ketones is 1. The van der Waals surface area contributed by atoms with Gasteiger partial charge in [-0.25, -0.2) is 13.2 Å². The van der Waals surface area contributed by atoms with Gasteiger partial charge in [-0.15, -0.1) is 0 Å².